The lowest BCUT2D eigenvalue weighted by atomic mass is 10.0. The quantitative estimate of drug-likeness (QED) is 0.774. The molecule has 0 bridgehead atoms. The zero-order chi connectivity index (χ0) is 14.5. The van der Waals surface area contributed by atoms with Gasteiger partial charge in [0.05, 0.1) is 6.54 Å². The summed E-state index contributed by atoms with van der Waals surface area (Å²) in [6, 6.07) is 0. The average molecular weight is 269 g/mol. The fourth-order valence-electron chi connectivity index (χ4n) is 2.24. The standard InChI is InChI=1S/C14H27N3O2/c1-14(2,3)16-12(18)10-17(4)13(19)6-5-11-7-8-15-9-11/h11,15H,5-10H2,1-4H3,(H,16,18). The maximum absolute atomic E-state index is 11.9. The predicted molar refractivity (Wildman–Crippen MR) is 75.7 cm³/mol. The number of carbonyl (C=O) groups excluding carboxylic acids is 2. The summed E-state index contributed by atoms with van der Waals surface area (Å²) in [5, 5.41) is 6.15. The molecule has 1 unspecified atom stereocenters. The summed E-state index contributed by atoms with van der Waals surface area (Å²) in [5.41, 5.74) is -0.253. The van der Waals surface area contributed by atoms with Crippen molar-refractivity contribution in [2.24, 2.45) is 5.92 Å². The molecule has 0 aliphatic carbocycles. The molecule has 2 N–H and O–H groups in total. The Labute approximate surface area is 116 Å². The Morgan fingerprint density at radius 1 is 1.37 bits per heavy atom. The van der Waals surface area contributed by atoms with Gasteiger partial charge >= 0.3 is 0 Å². The number of hydrogen-bond donors (Lipinski definition) is 2. The molecule has 1 atom stereocenters. The fraction of sp³-hybridized carbons (Fsp3) is 0.857. The lowest BCUT2D eigenvalue weighted by Crippen LogP contribution is -2.46. The van der Waals surface area contributed by atoms with Gasteiger partial charge in [-0.15, -0.1) is 0 Å². The van der Waals surface area contributed by atoms with Gasteiger partial charge in [-0.05, 0) is 52.6 Å². The zero-order valence-corrected chi connectivity index (χ0v) is 12.6. The Balaban J connectivity index is 2.25. The first-order valence-electron chi connectivity index (χ1n) is 7.03. The van der Waals surface area contributed by atoms with Gasteiger partial charge in [0.25, 0.3) is 0 Å². The van der Waals surface area contributed by atoms with Crippen LogP contribution < -0.4 is 10.6 Å². The molecule has 110 valence electrons. The molecule has 0 radical (unpaired) electrons. The van der Waals surface area contributed by atoms with Crippen molar-refractivity contribution in [3.05, 3.63) is 0 Å². The zero-order valence-electron chi connectivity index (χ0n) is 12.6. The minimum absolute atomic E-state index is 0.0518. The molecule has 5 heteroatoms. The second kappa shape index (κ2) is 6.89. The molecule has 1 saturated heterocycles. The molecule has 0 spiro atoms. The van der Waals surface area contributed by atoms with E-state index in [-0.39, 0.29) is 23.9 Å². The normalized spacial score (nSPS) is 19.3. The number of rotatable bonds is 5. The number of carbonyl (C=O) groups is 2. The van der Waals surface area contributed by atoms with Gasteiger partial charge in [0.15, 0.2) is 0 Å². The van der Waals surface area contributed by atoms with Crippen molar-refractivity contribution in [2.75, 3.05) is 26.7 Å². The highest BCUT2D eigenvalue weighted by Crippen LogP contribution is 2.14. The van der Waals surface area contributed by atoms with Crippen LogP contribution in [0, 0.1) is 5.92 Å². The average Bonchev–Trinajstić information content (AvgIpc) is 2.75. The molecule has 0 aromatic carbocycles. The van der Waals surface area contributed by atoms with Crippen molar-refractivity contribution in [1.29, 1.82) is 0 Å². The van der Waals surface area contributed by atoms with Crippen molar-refractivity contribution >= 4 is 11.8 Å². The highest BCUT2D eigenvalue weighted by molar-refractivity contribution is 5.84. The molecule has 5 nitrogen and oxygen atoms in total. The first-order chi connectivity index (χ1) is 8.78. The number of nitrogens with zero attached hydrogens (tertiary/aromatic N) is 1. The van der Waals surface area contributed by atoms with Crippen LogP contribution in [0.1, 0.15) is 40.0 Å². The third kappa shape index (κ3) is 6.57. The minimum Gasteiger partial charge on any atom is -0.350 e. The lowest BCUT2D eigenvalue weighted by Gasteiger charge is -2.23. The molecule has 1 fully saturated rings. The van der Waals surface area contributed by atoms with Crippen molar-refractivity contribution < 1.29 is 9.59 Å². The first-order valence-corrected chi connectivity index (χ1v) is 7.03. The molecule has 1 aliphatic rings. The summed E-state index contributed by atoms with van der Waals surface area (Å²) in [6.45, 7) is 8.00. The highest BCUT2D eigenvalue weighted by Gasteiger charge is 2.20. The summed E-state index contributed by atoms with van der Waals surface area (Å²) in [4.78, 5) is 25.2. The largest absolute Gasteiger partial charge is 0.350 e. The van der Waals surface area contributed by atoms with Crippen molar-refractivity contribution in [3.8, 4) is 0 Å². The molecule has 1 aliphatic heterocycles. The molecule has 0 saturated carbocycles. The third-order valence-electron chi connectivity index (χ3n) is 3.25. The summed E-state index contributed by atoms with van der Waals surface area (Å²) in [5.74, 6) is 0.558. The molecule has 2 amide bonds. The summed E-state index contributed by atoms with van der Waals surface area (Å²) < 4.78 is 0. The first kappa shape index (κ1) is 16.0. The van der Waals surface area contributed by atoms with Crippen molar-refractivity contribution in [3.63, 3.8) is 0 Å². The van der Waals surface area contributed by atoms with Crippen LogP contribution in [0.5, 0.6) is 0 Å². The Morgan fingerprint density at radius 3 is 2.58 bits per heavy atom. The van der Waals surface area contributed by atoms with Crippen molar-refractivity contribution in [1.82, 2.24) is 15.5 Å². The molecular weight excluding hydrogens is 242 g/mol. The molecule has 1 heterocycles. The molecular formula is C14H27N3O2. The fourth-order valence-corrected chi connectivity index (χ4v) is 2.24. The summed E-state index contributed by atoms with van der Waals surface area (Å²) >= 11 is 0. The van der Waals surface area contributed by atoms with E-state index in [0.29, 0.717) is 12.3 Å². The Morgan fingerprint density at radius 2 is 2.05 bits per heavy atom. The van der Waals surface area contributed by atoms with E-state index in [1.807, 2.05) is 20.8 Å². The second-order valence-corrected chi connectivity index (χ2v) is 6.45. The van der Waals surface area contributed by atoms with E-state index >= 15 is 0 Å². The number of nitrogens with one attached hydrogen (secondary N) is 2. The van der Waals surface area contributed by atoms with E-state index in [0.717, 1.165) is 25.9 Å². The number of likely N-dealkylation sites (N-methyl/N-ethyl adjacent to an activating group) is 1. The van der Waals surface area contributed by atoms with E-state index in [9.17, 15) is 9.59 Å². The van der Waals surface area contributed by atoms with Crippen LogP contribution in [-0.2, 0) is 9.59 Å². The molecule has 19 heavy (non-hydrogen) atoms. The van der Waals surface area contributed by atoms with Gasteiger partial charge in [-0.3, -0.25) is 9.59 Å². The summed E-state index contributed by atoms with van der Waals surface area (Å²) in [6.07, 6.45) is 2.60. The van der Waals surface area contributed by atoms with Gasteiger partial charge in [-0.2, -0.15) is 0 Å². The minimum atomic E-state index is -0.253. The van der Waals surface area contributed by atoms with Gasteiger partial charge in [-0.1, -0.05) is 0 Å². The Kier molecular flexibility index (Phi) is 5.79. The van der Waals surface area contributed by atoms with Gasteiger partial charge < -0.3 is 15.5 Å². The van der Waals surface area contributed by atoms with E-state index in [1.165, 1.54) is 4.90 Å². The van der Waals surface area contributed by atoms with Crippen LogP contribution in [0.25, 0.3) is 0 Å². The smallest absolute Gasteiger partial charge is 0.240 e. The van der Waals surface area contributed by atoms with Gasteiger partial charge in [0.1, 0.15) is 0 Å². The van der Waals surface area contributed by atoms with Crippen LogP contribution in [0.15, 0.2) is 0 Å². The Bertz CT molecular complexity index is 317. The van der Waals surface area contributed by atoms with Crippen molar-refractivity contribution in [2.45, 2.75) is 45.6 Å². The Hall–Kier alpha value is -1.10. The third-order valence-corrected chi connectivity index (χ3v) is 3.25. The van der Waals surface area contributed by atoms with E-state index in [4.69, 9.17) is 0 Å². The summed E-state index contributed by atoms with van der Waals surface area (Å²) in [7, 11) is 1.69. The van der Waals surface area contributed by atoms with E-state index < -0.39 is 0 Å². The molecule has 0 aromatic rings. The van der Waals surface area contributed by atoms with E-state index in [2.05, 4.69) is 10.6 Å². The van der Waals surface area contributed by atoms with Crippen LogP contribution in [0.4, 0.5) is 0 Å². The van der Waals surface area contributed by atoms with Gasteiger partial charge in [0, 0.05) is 19.0 Å². The van der Waals surface area contributed by atoms with Gasteiger partial charge in [0.2, 0.25) is 11.8 Å². The van der Waals surface area contributed by atoms with Gasteiger partial charge in [-0.25, -0.2) is 0 Å². The predicted octanol–water partition coefficient (Wildman–Crippen LogP) is 0.749. The van der Waals surface area contributed by atoms with Crippen LogP contribution in [-0.4, -0.2) is 48.9 Å². The SMILES string of the molecule is CN(CC(=O)NC(C)(C)C)C(=O)CCC1CCNC1. The van der Waals surface area contributed by atoms with Crippen LogP contribution in [0.2, 0.25) is 0 Å². The topological polar surface area (TPSA) is 61.4 Å². The highest BCUT2D eigenvalue weighted by atomic mass is 16.2. The molecule has 1 rings (SSSR count). The van der Waals surface area contributed by atoms with Crippen LogP contribution in [0.3, 0.4) is 0 Å². The second-order valence-electron chi connectivity index (χ2n) is 6.45. The number of hydrogen-bond acceptors (Lipinski definition) is 3. The van der Waals surface area contributed by atoms with E-state index in [1.54, 1.807) is 7.05 Å². The van der Waals surface area contributed by atoms with Crippen LogP contribution >= 0.6 is 0 Å². The maximum atomic E-state index is 11.9. The molecule has 0 aromatic heterocycles. The monoisotopic (exact) mass is 269 g/mol. The maximum Gasteiger partial charge on any atom is 0.240 e. The number of amides is 2. The lowest BCUT2D eigenvalue weighted by molar-refractivity contribution is -0.135.